The van der Waals surface area contributed by atoms with Crippen molar-refractivity contribution in [2.75, 3.05) is 11.9 Å². The maximum atomic E-state index is 13.5. The van der Waals surface area contributed by atoms with Gasteiger partial charge >= 0.3 is 0 Å². The fraction of sp³-hybridized carbons (Fsp3) is 0.438. The van der Waals surface area contributed by atoms with E-state index in [1.807, 2.05) is 6.07 Å². The first-order valence-corrected chi connectivity index (χ1v) is 7.42. The third kappa shape index (κ3) is 1.82. The number of anilines is 1. The second-order valence-corrected chi connectivity index (χ2v) is 5.69. The molecule has 104 valence electrons. The van der Waals surface area contributed by atoms with Crippen molar-refractivity contribution in [2.24, 2.45) is 0 Å². The smallest absolute Gasteiger partial charge is 0.203 e. The molecule has 0 saturated carbocycles. The van der Waals surface area contributed by atoms with Crippen molar-refractivity contribution in [1.82, 2.24) is 9.55 Å². The van der Waals surface area contributed by atoms with E-state index in [1.165, 1.54) is 30.3 Å². The Morgan fingerprint density at radius 2 is 2.15 bits per heavy atom. The van der Waals surface area contributed by atoms with Crippen molar-refractivity contribution in [1.29, 1.82) is 0 Å². The van der Waals surface area contributed by atoms with E-state index in [0.717, 1.165) is 37.3 Å². The van der Waals surface area contributed by atoms with E-state index in [1.54, 1.807) is 12.1 Å². The minimum absolute atomic E-state index is 0.156. The van der Waals surface area contributed by atoms with Crippen LogP contribution in [-0.2, 0) is 12.8 Å². The molecule has 4 heteroatoms. The molecule has 1 aromatic carbocycles. The highest BCUT2D eigenvalue weighted by molar-refractivity contribution is 5.41. The maximum absolute atomic E-state index is 13.5. The highest BCUT2D eigenvalue weighted by Gasteiger charge is 2.28. The largest absolute Gasteiger partial charge is 0.356 e. The lowest BCUT2D eigenvalue weighted by molar-refractivity contribution is 0.498. The molecule has 0 amide bonds. The Labute approximate surface area is 117 Å². The molecule has 1 atom stereocenters. The Balaban J connectivity index is 1.83. The van der Waals surface area contributed by atoms with Crippen molar-refractivity contribution >= 4 is 5.95 Å². The molecule has 1 N–H and O–H groups in total. The van der Waals surface area contributed by atoms with Gasteiger partial charge in [0.2, 0.25) is 5.95 Å². The Morgan fingerprint density at radius 3 is 3.05 bits per heavy atom. The van der Waals surface area contributed by atoms with Gasteiger partial charge in [0.05, 0.1) is 11.7 Å². The molecule has 0 fully saturated rings. The molecular weight excluding hydrogens is 253 g/mol. The fourth-order valence-electron chi connectivity index (χ4n) is 3.50. The molecule has 2 aromatic rings. The molecule has 0 radical (unpaired) electrons. The number of hydrogen-bond donors (Lipinski definition) is 1. The predicted octanol–water partition coefficient (Wildman–Crippen LogP) is 3.31. The van der Waals surface area contributed by atoms with Gasteiger partial charge in [0, 0.05) is 12.2 Å². The molecular formula is C16H18FN3. The van der Waals surface area contributed by atoms with Gasteiger partial charge in [0.25, 0.3) is 0 Å². The van der Waals surface area contributed by atoms with Crippen LogP contribution >= 0.6 is 0 Å². The summed E-state index contributed by atoms with van der Waals surface area (Å²) < 4.78 is 15.8. The number of nitrogens with one attached hydrogen (secondary N) is 1. The van der Waals surface area contributed by atoms with Crippen LogP contribution in [0.1, 0.15) is 42.3 Å². The van der Waals surface area contributed by atoms with Crippen LogP contribution in [-0.4, -0.2) is 16.1 Å². The molecule has 0 bridgehead atoms. The third-order valence-corrected chi connectivity index (χ3v) is 4.42. The van der Waals surface area contributed by atoms with Gasteiger partial charge < -0.3 is 9.88 Å². The van der Waals surface area contributed by atoms with Gasteiger partial charge in [-0.2, -0.15) is 0 Å². The SMILES string of the molecule is Fc1cccc(C2CCNc3nc4c(n32)CCCC4)c1. The second kappa shape index (κ2) is 4.62. The topological polar surface area (TPSA) is 29.9 Å². The summed E-state index contributed by atoms with van der Waals surface area (Å²) in [5.41, 5.74) is 3.65. The average Bonchev–Trinajstić information content (AvgIpc) is 2.85. The lowest BCUT2D eigenvalue weighted by Gasteiger charge is -2.29. The van der Waals surface area contributed by atoms with Gasteiger partial charge in [-0.1, -0.05) is 12.1 Å². The molecule has 20 heavy (non-hydrogen) atoms. The van der Waals surface area contributed by atoms with Gasteiger partial charge in [-0.3, -0.25) is 0 Å². The molecule has 0 spiro atoms. The number of hydrogen-bond acceptors (Lipinski definition) is 2. The average molecular weight is 271 g/mol. The van der Waals surface area contributed by atoms with Crippen LogP contribution in [0.3, 0.4) is 0 Å². The molecule has 1 aromatic heterocycles. The van der Waals surface area contributed by atoms with Gasteiger partial charge in [0.15, 0.2) is 0 Å². The first-order chi connectivity index (χ1) is 9.83. The third-order valence-electron chi connectivity index (χ3n) is 4.42. The van der Waals surface area contributed by atoms with Crippen LogP contribution in [0, 0.1) is 5.82 Å². The zero-order valence-corrected chi connectivity index (χ0v) is 11.4. The molecule has 1 unspecified atom stereocenters. The highest BCUT2D eigenvalue weighted by atomic mass is 19.1. The lowest BCUT2D eigenvalue weighted by Crippen LogP contribution is -2.25. The number of halogens is 1. The summed E-state index contributed by atoms with van der Waals surface area (Å²) in [6, 6.07) is 7.22. The van der Waals surface area contributed by atoms with Crippen LogP contribution in [0.4, 0.5) is 10.3 Å². The number of fused-ring (bicyclic) bond motifs is 3. The Morgan fingerprint density at radius 1 is 1.25 bits per heavy atom. The number of aryl methyl sites for hydroxylation is 1. The summed E-state index contributed by atoms with van der Waals surface area (Å²) in [7, 11) is 0. The van der Waals surface area contributed by atoms with Crippen LogP contribution in [0.25, 0.3) is 0 Å². The molecule has 0 saturated heterocycles. The van der Waals surface area contributed by atoms with Gasteiger partial charge in [0.1, 0.15) is 5.82 Å². The number of aromatic nitrogens is 2. The lowest BCUT2D eigenvalue weighted by atomic mass is 9.98. The van der Waals surface area contributed by atoms with E-state index < -0.39 is 0 Å². The van der Waals surface area contributed by atoms with Crippen LogP contribution in [0.5, 0.6) is 0 Å². The zero-order valence-electron chi connectivity index (χ0n) is 11.4. The van der Waals surface area contributed by atoms with Gasteiger partial charge in [-0.15, -0.1) is 0 Å². The summed E-state index contributed by atoms with van der Waals surface area (Å²) >= 11 is 0. The number of imidazole rings is 1. The monoisotopic (exact) mass is 271 g/mol. The Kier molecular flexibility index (Phi) is 2.76. The molecule has 2 aliphatic rings. The molecule has 2 heterocycles. The van der Waals surface area contributed by atoms with E-state index in [9.17, 15) is 4.39 Å². The Bertz CT molecular complexity index is 647. The van der Waals surface area contributed by atoms with E-state index in [0.29, 0.717) is 0 Å². The standard InChI is InChI=1S/C16H18FN3/c17-12-5-3-4-11(10-12)14-8-9-18-16-19-13-6-1-2-7-15(13)20(14)16/h3-5,10,14H,1-2,6-9H2,(H,18,19). The van der Waals surface area contributed by atoms with Crippen LogP contribution in [0.15, 0.2) is 24.3 Å². The molecule has 4 rings (SSSR count). The number of nitrogens with zero attached hydrogens (tertiary/aromatic N) is 2. The molecule has 3 nitrogen and oxygen atoms in total. The van der Waals surface area contributed by atoms with E-state index in [-0.39, 0.29) is 11.9 Å². The van der Waals surface area contributed by atoms with E-state index >= 15 is 0 Å². The molecule has 1 aliphatic heterocycles. The number of rotatable bonds is 1. The minimum atomic E-state index is -0.156. The van der Waals surface area contributed by atoms with E-state index in [4.69, 9.17) is 4.98 Å². The normalized spacial score (nSPS) is 20.9. The van der Waals surface area contributed by atoms with Crippen molar-refractivity contribution in [2.45, 2.75) is 38.1 Å². The Hall–Kier alpha value is -1.84. The summed E-state index contributed by atoms with van der Waals surface area (Å²) in [5.74, 6) is 0.814. The predicted molar refractivity (Wildman–Crippen MR) is 76.5 cm³/mol. The zero-order chi connectivity index (χ0) is 13.5. The quantitative estimate of drug-likeness (QED) is 0.862. The second-order valence-electron chi connectivity index (χ2n) is 5.69. The summed E-state index contributed by atoms with van der Waals surface area (Å²) in [5, 5.41) is 3.39. The molecule has 1 aliphatic carbocycles. The maximum Gasteiger partial charge on any atom is 0.203 e. The first kappa shape index (κ1) is 11.9. The van der Waals surface area contributed by atoms with Gasteiger partial charge in [-0.25, -0.2) is 9.37 Å². The van der Waals surface area contributed by atoms with Crippen molar-refractivity contribution in [3.05, 3.63) is 47.0 Å². The van der Waals surface area contributed by atoms with Crippen LogP contribution < -0.4 is 5.32 Å². The fourth-order valence-corrected chi connectivity index (χ4v) is 3.50. The van der Waals surface area contributed by atoms with Crippen molar-refractivity contribution < 1.29 is 4.39 Å². The van der Waals surface area contributed by atoms with Gasteiger partial charge in [-0.05, 0) is 49.8 Å². The highest BCUT2D eigenvalue weighted by Crippen LogP contribution is 2.35. The van der Waals surface area contributed by atoms with Crippen molar-refractivity contribution in [3.8, 4) is 0 Å². The number of benzene rings is 1. The summed E-state index contributed by atoms with van der Waals surface area (Å²) in [6.07, 6.45) is 5.62. The summed E-state index contributed by atoms with van der Waals surface area (Å²) in [4.78, 5) is 4.75. The van der Waals surface area contributed by atoms with E-state index in [2.05, 4.69) is 9.88 Å². The van der Waals surface area contributed by atoms with Crippen LogP contribution in [0.2, 0.25) is 0 Å². The first-order valence-electron chi connectivity index (χ1n) is 7.42. The summed E-state index contributed by atoms with van der Waals surface area (Å²) in [6.45, 7) is 0.900. The minimum Gasteiger partial charge on any atom is -0.356 e. The van der Waals surface area contributed by atoms with Crippen molar-refractivity contribution in [3.63, 3.8) is 0 Å².